The second-order valence-electron chi connectivity index (χ2n) is 6.06. The standard InChI is InChI=1S/C18H24N4/c1-14-12-17(19-2)21-18(20-14)22-10-8-16(9-11-22)13-15-6-4-3-5-7-15/h3-7,12,16H,8-11,13H2,1-2H3,(H,19,20,21). The second kappa shape index (κ2) is 6.77. The van der Waals surface area contributed by atoms with Crippen molar-refractivity contribution in [3.05, 3.63) is 47.7 Å². The highest BCUT2D eigenvalue weighted by Gasteiger charge is 2.21. The third-order valence-electron chi connectivity index (χ3n) is 4.36. The molecule has 116 valence electrons. The molecule has 1 aliphatic rings. The van der Waals surface area contributed by atoms with Crippen LogP contribution in [0.4, 0.5) is 11.8 Å². The Hall–Kier alpha value is -2.10. The number of nitrogens with zero attached hydrogens (tertiary/aromatic N) is 3. The normalized spacial score (nSPS) is 15.8. The first-order valence-corrected chi connectivity index (χ1v) is 8.07. The Balaban J connectivity index is 1.61. The predicted octanol–water partition coefficient (Wildman–Crippen LogP) is 3.29. The molecule has 4 heteroatoms. The van der Waals surface area contributed by atoms with E-state index in [4.69, 9.17) is 0 Å². The van der Waals surface area contributed by atoms with Crippen LogP contribution in [-0.2, 0) is 6.42 Å². The van der Waals surface area contributed by atoms with E-state index in [9.17, 15) is 0 Å². The number of nitrogens with one attached hydrogen (secondary N) is 1. The van der Waals surface area contributed by atoms with Crippen molar-refractivity contribution in [3.8, 4) is 0 Å². The van der Waals surface area contributed by atoms with Crippen LogP contribution in [0.15, 0.2) is 36.4 Å². The van der Waals surface area contributed by atoms with Gasteiger partial charge < -0.3 is 10.2 Å². The summed E-state index contributed by atoms with van der Waals surface area (Å²) in [7, 11) is 1.90. The number of rotatable bonds is 4. The molecule has 1 saturated heterocycles. The molecule has 3 rings (SSSR count). The highest BCUT2D eigenvalue weighted by atomic mass is 15.3. The maximum Gasteiger partial charge on any atom is 0.227 e. The van der Waals surface area contributed by atoms with Crippen LogP contribution in [0.1, 0.15) is 24.1 Å². The number of aromatic nitrogens is 2. The first-order valence-electron chi connectivity index (χ1n) is 8.07. The monoisotopic (exact) mass is 296 g/mol. The van der Waals surface area contributed by atoms with E-state index in [0.717, 1.165) is 36.5 Å². The third kappa shape index (κ3) is 3.56. The van der Waals surface area contributed by atoms with Crippen molar-refractivity contribution in [2.75, 3.05) is 30.4 Å². The minimum absolute atomic E-state index is 0.771. The number of aryl methyl sites for hydroxylation is 1. The summed E-state index contributed by atoms with van der Waals surface area (Å²) in [6.07, 6.45) is 3.60. The van der Waals surface area contributed by atoms with Gasteiger partial charge in [-0.15, -0.1) is 0 Å². The second-order valence-corrected chi connectivity index (χ2v) is 6.06. The van der Waals surface area contributed by atoms with Gasteiger partial charge in [-0.2, -0.15) is 4.98 Å². The lowest BCUT2D eigenvalue weighted by Crippen LogP contribution is -2.35. The van der Waals surface area contributed by atoms with Gasteiger partial charge in [0.05, 0.1) is 0 Å². The minimum Gasteiger partial charge on any atom is -0.373 e. The zero-order valence-electron chi connectivity index (χ0n) is 13.4. The molecular formula is C18H24N4. The van der Waals surface area contributed by atoms with E-state index in [2.05, 4.69) is 50.5 Å². The van der Waals surface area contributed by atoms with Gasteiger partial charge in [0.2, 0.25) is 5.95 Å². The summed E-state index contributed by atoms with van der Waals surface area (Å²) in [5.41, 5.74) is 2.46. The average Bonchev–Trinajstić information content (AvgIpc) is 2.56. The largest absolute Gasteiger partial charge is 0.373 e. The number of hydrogen-bond donors (Lipinski definition) is 1. The van der Waals surface area contributed by atoms with E-state index in [1.165, 1.54) is 24.8 Å². The molecule has 0 bridgehead atoms. The van der Waals surface area contributed by atoms with Crippen LogP contribution < -0.4 is 10.2 Å². The van der Waals surface area contributed by atoms with Crippen LogP contribution in [0.25, 0.3) is 0 Å². The maximum absolute atomic E-state index is 4.59. The van der Waals surface area contributed by atoms with E-state index in [-0.39, 0.29) is 0 Å². The predicted molar refractivity (Wildman–Crippen MR) is 91.4 cm³/mol. The SMILES string of the molecule is CNc1cc(C)nc(N2CCC(Cc3ccccc3)CC2)n1. The maximum atomic E-state index is 4.59. The van der Waals surface area contributed by atoms with Crippen molar-refractivity contribution >= 4 is 11.8 Å². The quantitative estimate of drug-likeness (QED) is 0.940. The summed E-state index contributed by atoms with van der Waals surface area (Å²) < 4.78 is 0. The molecule has 2 heterocycles. The molecule has 0 spiro atoms. The Morgan fingerprint density at radius 2 is 1.86 bits per heavy atom. The zero-order chi connectivity index (χ0) is 15.4. The smallest absolute Gasteiger partial charge is 0.227 e. The topological polar surface area (TPSA) is 41.1 Å². The lowest BCUT2D eigenvalue weighted by atomic mass is 9.90. The van der Waals surface area contributed by atoms with E-state index < -0.39 is 0 Å². The van der Waals surface area contributed by atoms with Crippen molar-refractivity contribution in [1.82, 2.24) is 9.97 Å². The Kier molecular flexibility index (Phi) is 4.56. The summed E-state index contributed by atoms with van der Waals surface area (Å²) in [6, 6.07) is 12.8. The van der Waals surface area contributed by atoms with Gasteiger partial charge in [-0.05, 0) is 37.7 Å². The average molecular weight is 296 g/mol. The fourth-order valence-electron chi connectivity index (χ4n) is 3.11. The lowest BCUT2D eigenvalue weighted by molar-refractivity contribution is 0.400. The molecular weight excluding hydrogens is 272 g/mol. The number of benzene rings is 1. The molecule has 1 aromatic heterocycles. The fourth-order valence-corrected chi connectivity index (χ4v) is 3.11. The van der Waals surface area contributed by atoms with Crippen LogP contribution in [0.2, 0.25) is 0 Å². The summed E-state index contributed by atoms with van der Waals surface area (Å²) in [6.45, 7) is 4.11. The van der Waals surface area contributed by atoms with Crippen LogP contribution in [0, 0.1) is 12.8 Å². The molecule has 1 aromatic carbocycles. The molecule has 0 amide bonds. The van der Waals surface area contributed by atoms with Crippen molar-refractivity contribution in [2.45, 2.75) is 26.2 Å². The molecule has 1 fully saturated rings. The molecule has 0 atom stereocenters. The molecule has 1 aliphatic heterocycles. The molecule has 0 saturated carbocycles. The zero-order valence-corrected chi connectivity index (χ0v) is 13.4. The third-order valence-corrected chi connectivity index (χ3v) is 4.36. The van der Waals surface area contributed by atoms with Gasteiger partial charge in [0, 0.05) is 31.9 Å². The fraction of sp³-hybridized carbons (Fsp3) is 0.444. The molecule has 0 unspecified atom stereocenters. The van der Waals surface area contributed by atoms with Gasteiger partial charge in [0.1, 0.15) is 5.82 Å². The van der Waals surface area contributed by atoms with Gasteiger partial charge >= 0.3 is 0 Å². The van der Waals surface area contributed by atoms with Crippen LogP contribution >= 0.6 is 0 Å². The summed E-state index contributed by atoms with van der Waals surface area (Å²) in [5.74, 6) is 2.53. The highest BCUT2D eigenvalue weighted by molar-refractivity contribution is 5.43. The van der Waals surface area contributed by atoms with Gasteiger partial charge in [0.15, 0.2) is 0 Å². The van der Waals surface area contributed by atoms with Crippen molar-refractivity contribution < 1.29 is 0 Å². The molecule has 22 heavy (non-hydrogen) atoms. The van der Waals surface area contributed by atoms with Crippen molar-refractivity contribution in [1.29, 1.82) is 0 Å². The van der Waals surface area contributed by atoms with E-state index in [1.54, 1.807) is 0 Å². The van der Waals surface area contributed by atoms with Gasteiger partial charge in [-0.25, -0.2) is 4.98 Å². The Bertz CT molecular complexity index is 604. The van der Waals surface area contributed by atoms with E-state index in [0.29, 0.717) is 0 Å². The number of anilines is 2. The van der Waals surface area contributed by atoms with Gasteiger partial charge in [0.25, 0.3) is 0 Å². The molecule has 2 aromatic rings. The molecule has 0 radical (unpaired) electrons. The van der Waals surface area contributed by atoms with Crippen LogP contribution in [-0.4, -0.2) is 30.1 Å². The number of hydrogen-bond acceptors (Lipinski definition) is 4. The lowest BCUT2D eigenvalue weighted by Gasteiger charge is -2.32. The van der Waals surface area contributed by atoms with Gasteiger partial charge in [-0.1, -0.05) is 30.3 Å². The van der Waals surface area contributed by atoms with Crippen molar-refractivity contribution in [2.24, 2.45) is 5.92 Å². The van der Waals surface area contributed by atoms with E-state index in [1.807, 2.05) is 20.0 Å². The molecule has 4 nitrogen and oxygen atoms in total. The summed E-state index contributed by atoms with van der Waals surface area (Å²) >= 11 is 0. The van der Waals surface area contributed by atoms with Crippen molar-refractivity contribution in [3.63, 3.8) is 0 Å². The summed E-state index contributed by atoms with van der Waals surface area (Å²) in [4.78, 5) is 11.5. The minimum atomic E-state index is 0.771. The molecule has 0 aliphatic carbocycles. The number of piperidine rings is 1. The first kappa shape index (κ1) is 14.8. The Morgan fingerprint density at radius 3 is 2.55 bits per heavy atom. The Labute approximate surface area is 132 Å². The van der Waals surface area contributed by atoms with Crippen LogP contribution in [0.3, 0.4) is 0 Å². The van der Waals surface area contributed by atoms with E-state index >= 15 is 0 Å². The molecule has 1 N–H and O–H groups in total. The van der Waals surface area contributed by atoms with Crippen LogP contribution in [0.5, 0.6) is 0 Å². The highest BCUT2D eigenvalue weighted by Crippen LogP contribution is 2.24. The van der Waals surface area contributed by atoms with Gasteiger partial charge in [-0.3, -0.25) is 0 Å². The first-order chi connectivity index (χ1) is 10.7. The Morgan fingerprint density at radius 1 is 1.14 bits per heavy atom. The summed E-state index contributed by atoms with van der Waals surface area (Å²) in [5, 5.41) is 3.11.